The number of hydrogen-bond acceptors (Lipinski definition) is 5. The molecule has 2 aromatic rings. The van der Waals surface area contributed by atoms with Crippen molar-refractivity contribution in [2.24, 2.45) is 0 Å². The normalized spacial score (nSPS) is 10.4. The molecule has 0 unspecified atom stereocenters. The fourth-order valence-corrected chi connectivity index (χ4v) is 2.54. The molecular weight excluding hydrogens is 316 g/mol. The topological polar surface area (TPSA) is 65.2 Å². The second kappa shape index (κ2) is 5.07. The van der Waals surface area contributed by atoms with E-state index in [9.17, 15) is 4.79 Å². The number of ether oxygens (including phenoxy) is 1. The fourth-order valence-electron chi connectivity index (χ4n) is 1.48. The van der Waals surface area contributed by atoms with Gasteiger partial charge in [-0.05, 0) is 24.6 Å². The number of halogens is 1. The summed E-state index contributed by atoms with van der Waals surface area (Å²) in [5.74, 6) is -0.510. The number of nitrogen functional groups attached to an aromatic ring is 1. The summed E-state index contributed by atoms with van der Waals surface area (Å²) >= 11 is 4.72. The minimum absolute atomic E-state index is 0.179. The number of carbonyl (C=O) groups is 1. The van der Waals surface area contributed by atoms with Crippen molar-refractivity contribution in [1.82, 2.24) is 4.98 Å². The Kier molecular flexibility index (Phi) is 3.68. The van der Waals surface area contributed by atoms with E-state index in [1.54, 1.807) is 0 Å². The Morgan fingerprint density at radius 1 is 1.50 bits per heavy atom. The largest absolute Gasteiger partial charge is 0.464 e. The summed E-state index contributed by atoms with van der Waals surface area (Å²) in [6.07, 6.45) is 0. The van der Waals surface area contributed by atoms with Crippen molar-refractivity contribution in [2.75, 3.05) is 12.8 Å². The SMILES string of the molecule is COC(=O)c1nc(-c2ccc(Br)c(C)c2)sc1N. The standard InChI is InChI=1S/C12H11BrN2O2S/c1-6-5-7(3-4-8(6)13)11-15-9(10(14)18-11)12(16)17-2/h3-5H,14H2,1-2H3. The maximum atomic E-state index is 11.4. The fraction of sp³-hybridized carbons (Fsp3) is 0.167. The Bertz CT molecular complexity index is 610. The summed E-state index contributed by atoms with van der Waals surface area (Å²) in [4.78, 5) is 15.7. The van der Waals surface area contributed by atoms with E-state index in [2.05, 4.69) is 25.7 Å². The summed E-state index contributed by atoms with van der Waals surface area (Å²) in [7, 11) is 1.31. The highest BCUT2D eigenvalue weighted by Gasteiger charge is 2.17. The maximum Gasteiger partial charge on any atom is 0.359 e. The molecule has 0 bridgehead atoms. The molecule has 18 heavy (non-hydrogen) atoms. The van der Waals surface area contributed by atoms with Gasteiger partial charge >= 0.3 is 5.97 Å². The minimum Gasteiger partial charge on any atom is -0.464 e. The molecule has 6 heteroatoms. The Morgan fingerprint density at radius 2 is 2.22 bits per heavy atom. The van der Waals surface area contributed by atoms with Crippen molar-refractivity contribution in [3.05, 3.63) is 33.9 Å². The maximum absolute atomic E-state index is 11.4. The number of carbonyl (C=O) groups excluding carboxylic acids is 1. The lowest BCUT2D eigenvalue weighted by molar-refractivity contribution is 0.0596. The summed E-state index contributed by atoms with van der Waals surface area (Å²) in [6.45, 7) is 1.99. The predicted octanol–water partition coefficient (Wildman–Crippen LogP) is 3.25. The Labute approximate surface area is 117 Å². The first kappa shape index (κ1) is 13.0. The molecule has 0 aliphatic carbocycles. The zero-order chi connectivity index (χ0) is 13.3. The van der Waals surface area contributed by atoms with Gasteiger partial charge in [-0.3, -0.25) is 0 Å². The number of nitrogens with two attached hydrogens (primary N) is 1. The third-order valence-corrected chi connectivity index (χ3v) is 4.26. The minimum atomic E-state index is -0.510. The van der Waals surface area contributed by atoms with Crippen LogP contribution in [-0.2, 0) is 4.74 Å². The molecule has 94 valence electrons. The molecule has 0 saturated carbocycles. The van der Waals surface area contributed by atoms with E-state index in [0.717, 1.165) is 15.6 Å². The monoisotopic (exact) mass is 326 g/mol. The highest BCUT2D eigenvalue weighted by Crippen LogP contribution is 2.32. The second-order valence-corrected chi connectivity index (χ2v) is 5.57. The molecule has 1 aromatic heterocycles. The smallest absolute Gasteiger partial charge is 0.359 e. The predicted molar refractivity (Wildman–Crippen MR) is 75.7 cm³/mol. The van der Waals surface area contributed by atoms with Gasteiger partial charge in [0.25, 0.3) is 0 Å². The van der Waals surface area contributed by atoms with Crippen molar-refractivity contribution in [2.45, 2.75) is 6.92 Å². The number of rotatable bonds is 2. The molecule has 0 saturated heterocycles. The highest BCUT2D eigenvalue weighted by molar-refractivity contribution is 9.10. The molecule has 4 nitrogen and oxygen atoms in total. The molecule has 1 aromatic carbocycles. The molecule has 0 amide bonds. The van der Waals surface area contributed by atoms with Crippen molar-refractivity contribution in [3.63, 3.8) is 0 Å². The molecule has 0 aliphatic rings. The molecular formula is C12H11BrN2O2S. The molecule has 1 heterocycles. The van der Waals surface area contributed by atoms with Gasteiger partial charge in [-0.2, -0.15) is 0 Å². The van der Waals surface area contributed by atoms with Crippen LogP contribution in [0.4, 0.5) is 5.00 Å². The molecule has 0 spiro atoms. The van der Waals surface area contributed by atoms with Gasteiger partial charge in [-0.15, -0.1) is 0 Å². The van der Waals surface area contributed by atoms with Crippen LogP contribution in [0.1, 0.15) is 16.1 Å². The van der Waals surface area contributed by atoms with Crippen molar-refractivity contribution in [1.29, 1.82) is 0 Å². The van der Waals surface area contributed by atoms with Crippen molar-refractivity contribution in [3.8, 4) is 10.6 Å². The third-order valence-electron chi connectivity index (χ3n) is 2.44. The first-order valence-corrected chi connectivity index (χ1v) is 6.75. The quantitative estimate of drug-likeness (QED) is 0.860. The summed E-state index contributed by atoms with van der Waals surface area (Å²) in [5, 5.41) is 1.08. The van der Waals surface area contributed by atoms with E-state index < -0.39 is 5.97 Å². The summed E-state index contributed by atoms with van der Waals surface area (Å²) < 4.78 is 5.66. The van der Waals surface area contributed by atoms with Crippen LogP contribution in [0, 0.1) is 6.92 Å². The molecule has 0 atom stereocenters. The number of anilines is 1. The van der Waals surface area contributed by atoms with Gasteiger partial charge in [0.2, 0.25) is 0 Å². The number of benzene rings is 1. The number of nitrogens with zero attached hydrogens (tertiary/aromatic N) is 1. The Balaban J connectivity index is 2.45. The lowest BCUT2D eigenvalue weighted by atomic mass is 10.1. The van der Waals surface area contributed by atoms with Crippen LogP contribution in [0.2, 0.25) is 0 Å². The van der Waals surface area contributed by atoms with Crippen LogP contribution >= 0.6 is 27.3 Å². The van der Waals surface area contributed by atoms with Gasteiger partial charge in [0.15, 0.2) is 5.69 Å². The van der Waals surface area contributed by atoms with Crippen LogP contribution in [0.15, 0.2) is 22.7 Å². The van der Waals surface area contributed by atoms with Crippen LogP contribution < -0.4 is 5.73 Å². The van der Waals surface area contributed by atoms with Gasteiger partial charge in [0, 0.05) is 10.0 Å². The third kappa shape index (κ3) is 2.39. The van der Waals surface area contributed by atoms with Crippen LogP contribution in [0.3, 0.4) is 0 Å². The molecule has 0 radical (unpaired) electrons. The van der Waals surface area contributed by atoms with Gasteiger partial charge in [-0.25, -0.2) is 9.78 Å². The summed E-state index contributed by atoms with van der Waals surface area (Å²) in [5.41, 5.74) is 7.98. The van der Waals surface area contributed by atoms with E-state index in [4.69, 9.17) is 5.73 Å². The first-order chi connectivity index (χ1) is 8.52. The van der Waals surface area contributed by atoms with E-state index in [-0.39, 0.29) is 5.69 Å². The van der Waals surface area contributed by atoms with Crippen LogP contribution in [-0.4, -0.2) is 18.1 Å². The Morgan fingerprint density at radius 3 is 2.83 bits per heavy atom. The zero-order valence-electron chi connectivity index (χ0n) is 9.86. The average Bonchev–Trinajstić information content (AvgIpc) is 2.74. The van der Waals surface area contributed by atoms with E-state index in [1.165, 1.54) is 18.4 Å². The van der Waals surface area contributed by atoms with Gasteiger partial charge in [0.05, 0.1) is 7.11 Å². The molecule has 2 N–H and O–H groups in total. The van der Waals surface area contributed by atoms with Crippen LogP contribution in [0.25, 0.3) is 10.6 Å². The van der Waals surface area contributed by atoms with E-state index >= 15 is 0 Å². The number of thiazole rings is 1. The van der Waals surface area contributed by atoms with E-state index in [1.807, 2.05) is 25.1 Å². The van der Waals surface area contributed by atoms with Gasteiger partial charge < -0.3 is 10.5 Å². The average molecular weight is 327 g/mol. The van der Waals surface area contributed by atoms with Crippen molar-refractivity contribution >= 4 is 38.2 Å². The second-order valence-electron chi connectivity index (χ2n) is 3.69. The van der Waals surface area contributed by atoms with Crippen molar-refractivity contribution < 1.29 is 9.53 Å². The molecule has 0 fully saturated rings. The number of aromatic nitrogens is 1. The molecule has 0 aliphatic heterocycles. The zero-order valence-corrected chi connectivity index (χ0v) is 12.3. The number of esters is 1. The highest BCUT2D eigenvalue weighted by atomic mass is 79.9. The lowest BCUT2D eigenvalue weighted by Crippen LogP contribution is -2.04. The number of hydrogen-bond donors (Lipinski definition) is 1. The Hall–Kier alpha value is -1.40. The number of methoxy groups -OCH3 is 1. The van der Waals surface area contributed by atoms with E-state index in [0.29, 0.717) is 10.0 Å². The summed E-state index contributed by atoms with van der Waals surface area (Å²) in [6, 6.07) is 5.86. The lowest BCUT2D eigenvalue weighted by Gasteiger charge is -2.00. The number of aryl methyl sites for hydroxylation is 1. The van der Waals surface area contributed by atoms with Gasteiger partial charge in [-0.1, -0.05) is 33.3 Å². The first-order valence-electron chi connectivity index (χ1n) is 5.14. The van der Waals surface area contributed by atoms with Gasteiger partial charge in [0.1, 0.15) is 10.0 Å². The molecule has 2 rings (SSSR count). The van der Waals surface area contributed by atoms with Crippen LogP contribution in [0.5, 0.6) is 0 Å².